The van der Waals surface area contributed by atoms with Gasteiger partial charge in [0.1, 0.15) is 0 Å². The van der Waals surface area contributed by atoms with Gasteiger partial charge in [0.05, 0.1) is 13.7 Å². The van der Waals surface area contributed by atoms with E-state index < -0.39 is 0 Å². The van der Waals surface area contributed by atoms with Gasteiger partial charge in [0.15, 0.2) is 0 Å². The molecule has 2 N–H and O–H groups in total. The highest BCUT2D eigenvalue weighted by atomic mass is 16.5. The number of methoxy groups -OCH3 is 1. The van der Waals surface area contributed by atoms with Crippen LogP contribution >= 0.6 is 0 Å². The van der Waals surface area contributed by atoms with Crippen LogP contribution < -0.4 is 15.4 Å². The van der Waals surface area contributed by atoms with Gasteiger partial charge in [0, 0.05) is 24.8 Å². The van der Waals surface area contributed by atoms with Crippen molar-refractivity contribution in [2.45, 2.75) is 13.1 Å². The molecule has 0 aliphatic heterocycles. The quantitative estimate of drug-likeness (QED) is 0.809. The first-order valence-electron chi connectivity index (χ1n) is 6.79. The molecule has 1 aromatic heterocycles. The fourth-order valence-corrected chi connectivity index (χ4v) is 1.91. The van der Waals surface area contributed by atoms with Crippen LogP contribution in [0.5, 0.6) is 5.88 Å². The SMILES string of the molecule is COc1ncccc1CNCC(=O)NCc1ccccc1. The van der Waals surface area contributed by atoms with Crippen molar-refractivity contribution in [1.29, 1.82) is 0 Å². The monoisotopic (exact) mass is 285 g/mol. The van der Waals surface area contributed by atoms with Gasteiger partial charge in [-0.15, -0.1) is 0 Å². The molecule has 1 heterocycles. The molecule has 0 bridgehead atoms. The van der Waals surface area contributed by atoms with E-state index in [1.165, 1.54) is 0 Å². The summed E-state index contributed by atoms with van der Waals surface area (Å²) < 4.78 is 5.16. The highest BCUT2D eigenvalue weighted by molar-refractivity contribution is 5.77. The number of carbonyl (C=O) groups is 1. The van der Waals surface area contributed by atoms with Gasteiger partial charge in [-0.05, 0) is 11.6 Å². The zero-order valence-corrected chi connectivity index (χ0v) is 12.0. The van der Waals surface area contributed by atoms with Crippen LogP contribution in [-0.2, 0) is 17.9 Å². The van der Waals surface area contributed by atoms with Crippen molar-refractivity contribution in [3.8, 4) is 5.88 Å². The number of rotatable bonds is 7. The van der Waals surface area contributed by atoms with Crippen molar-refractivity contribution in [2.24, 2.45) is 0 Å². The van der Waals surface area contributed by atoms with Gasteiger partial charge >= 0.3 is 0 Å². The van der Waals surface area contributed by atoms with Crippen molar-refractivity contribution in [3.63, 3.8) is 0 Å². The molecule has 0 fully saturated rings. The zero-order chi connectivity index (χ0) is 14.9. The third-order valence-corrected chi connectivity index (χ3v) is 2.98. The van der Waals surface area contributed by atoms with E-state index in [-0.39, 0.29) is 12.5 Å². The standard InChI is InChI=1S/C16H19N3O2/c1-21-16-14(8-5-9-18-16)11-17-12-15(20)19-10-13-6-3-2-4-7-13/h2-9,17H,10-12H2,1H3,(H,19,20). The first-order valence-corrected chi connectivity index (χ1v) is 6.79. The Kier molecular flexibility index (Phi) is 5.72. The Hall–Kier alpha value is -2.40. The van der Waals surface area contributed by atoms with E-state index in [1.807, 2.05) is 42.5 Å². The number of hydrogen-bond acceptors (Lipinski definition) is 4. The second-order valence-corrected chi connectivity index (χ2v) is 4.54. The molecule has 5 nitrogen and oxygen atoms in total. The minimum atomic E-state index is -0.0401. The second kappa shape index (κ2) is 8.01. The molecular weight excluding hydrogens is 266 g/mol. The average Bonchev–Trinajstić information content (AvgIpc) is 2.54. The van der Waals surface area contributed by atoms with Crippen LogP contribution in [-0.4, -0.2) is 24.5 Å². The van der Waals surface area contributed by atoms with Crippen molar-refractivity contribution < 1.29 is 9.53 Å². The molecule has 2 rings (SSSR count). The van der Waals surface area contributed by atoms with E-state index in [2.05, 4.69) is 15.6 Å². The molecule has 0 aliphatic carbocycles. The normalized spacial score (nSPS) is 10.1. The summed E-state index contributed by atoms with van der Waals surface area (Å²) >= 11 is 0. The third kappa shape index (κ3) is 4.89. The third-order valence-electron chi connectivity index (χ3n) is 2.98. The van der Waals surface area contributed by atoms with Gasteiger partial charge in [0.2, 0.25) is 11.8 Å². The van der Waals surface area contributed by atoms with E-state index in [1.54, 1.807) is 13.3 Å². The molecule has 0 aliphatic rings. The van der Waals surface area contributed by atoms with Crippen molar-refractivity contribution in [1.82, 2.24) is 15.6 Å². The summed E-state index contributed by atoms with van der Waals surface area (Å²) in [6.45, 7) is 1.33. The smallest absolute Gasteiger partial charge is 0.234 e. The van der Waals surface area contributed by atoms with E-state index in [0.29, 0.717) is 19.0 Å². The molecule has 0 radical (unpaired) electrons. The lowest BCUT2D eigenvalue weighted by atomic mass is 10.2. The average molecular weight is 285 g/mol. The van der Waals surface area contributed by atoms with Gasteiger partial charge in [-0.1, -0.05) is 36.4 Å². The van der Waals surface area contributed by atoms with Gasteiger partial charge < -0.3 is 15.4 Å². The maximum absolute atomic E-state index is 11.7. The zero-order valence-electron chi connectivity index (χ0n) is 12.0. The number of hydrogen-bond donors (Lipinski definition) is 2. The van der Waals surface area contributed by atoms with E-state index >= 15 is 0 Å². The highest BCUT2D eigenvalue weighted by Gasteiger charge is 2.04. The molecule has 110 valence electrons. The Balaban J connectivity index is 1.72. The number of amides is 1. The van der Waals surface area contributed by atoms with Gasteiger partial charge in [-0.2, -0.15) is 0 Å². The lowest BCUT2D eigenvalue weighted by Gasteiger charge is -2.09. The Morgan fingerprint density at radius 3 is 2.71 bits per heavy atom. The number of aromatic nitrogens is 1. The summed E-state index contributed by atoms with van der Waals surface area (Å²) in [5.41, 5.74) is 2.01. The Morgan fingerprint density at radius 2 is 1.95 bits per heavy atom. The number of pyridine rings is 1. The van der Waals surface area contributed by atoms with E-state index in [9.17, 15) is 4.79 Å². The predicted octanol–water partition coefficient (Wildman–Crippen LogP) is 1.50. The number of carbonyl (C=O) groups excluding carboxylic acids is 1. The lowest BCUT2D eigenvalue weighted by molar-refractivity contribution is -0.120. The molecule has 0 saturated heterocycles. The van der Waals surface area contributed by atoms with Gasteiger partial charge in [0.25, 0.3) is 0 Å². The first kappa shape index (κ1) is 15.0. The van der Waals surface area contributed by atoms with Crippen LogP contribution in [0.3, 0.4) is 0 Å². The van der Waals surface area contributed by atoms with Crippen LogP contribution in [0.25, 0.3) is 0 Å². The molecule has 1 amide bonds. The highest BCUT2D eigenvalue weighted by Crippen LogP contribution is 2.12. The minimum Gasteiger partial charge on any atom is -0.481 e. The summed E-state index contributed by atoms with van der Waals surface area (Å²) in [5, 5.41) is 5.95. The summed E-state index contributed by atoms with van der Waals surface area (Å²) in [7, 11) is 1.58. The number of nitrogens with zero attached hydrogens (tertiary/aromatic N) is 1. The summed E-state index contributed by atoms with van der Waals surface area (Å²) in [4.78, 5) is 15.8. The van der Waals surface area contributed by atoms with Crippen LogP contribution in [0.15, 0.2) is 48.7 Å². The van der Waals surface area contributed by atoms with Gasteiger partial charge in [-0.3, -0.25) is 4.79 Å². The van der Waals surface area contributed by atoms with Crippen molar-refractivity contribution in [2.75, 3.05) is 13.7 Å². The molecular formula is C16H19N3O2. The topological polar surface area (TPSA) is 63.2 Å². The molecule has 0 spiro atoms. The van der Waals surface area contributed by atoms with Crippen LogP contribution in [0.1, 0.15) is 11.1 Å². The molecule has 0 saturated carbocycles. The van der Waals surface area contributed by atoms with Crippen LogP contribution in [0.4, 0.5) is 0 Å². The summed E-state index contributed by atoms with van der Waals surface area (Å²) in [6, 6.07) is 13.6. The number of nitrogens with one attached hydrogen (secondary N) is 2. The first-order chi connectivity index (χ1) is 10.3. The molecule has 1 aromatic carbocycles. The molecule has 21 heavy (non-hydrogen) atoms. The van der Waals surface area contributed by atoms with E-state index in [0.717, 1.165) is 11.1 Å². The lowest BCUT2D eigenvalue weighted by Crippen LogP contribution is -2.33. The molecule has 0 atom stereocenters. The molecule has 0 unspecified atom stereocenters. The second-order valence-electron chi connectivity index (χ2n) is 4.54. The molecule has 2 aromatic rings. The Morgan fingerprint density at radius 1 is 1.14 bits per heavy atom. The Labute approximate surface area is 124 Å². The van der Waals surface area contributed by atoms with E-state index in [4.69, 9.17) is 4.74 Å². The maximum Gasteiger partial charge on any atom is 0.234 e. The largest absolute Gasteiger partial charge is 0.481 e. The van der Waals surface area contributed by atoms with Crippen LogP contribution in [0.2, 0.25) is 0 Å². The maximum atomic E-state index is 11.7. The number of ether oxygens (including phenoxy) is 1. The fraction of sp³-hybridized carbons (Fsp3) is 0.250. The summed E-state index contributed by atoms with van der Waals surface area (Å²) in [6.07, 6.45) is 1.68. The van der Waals surface area contributed by atoms with Gasteiger partial charge in [-0.25, -0.2) is 4.98 Å². The number of benzene rings is 1. The summed E-state index contributed by atoms with van der Waals surface area (Å²) in [5.74, 6) is 0.538. The molecule has 5 heteroatoms. The minimum absolute atomic E-state index is 0.0401. The fourth-order valence-electron chi connectivity index (χ4n) is 1.91. The van der Waals surface area contributed by atoms with Crippen LogP contribution in [0, 0.1) is 0 Å². The predicted molar refractivity (Wildman–Crippen MR) is 80.8 cm³/mol. The van der Waals surface area contributed by atoms with Crippen molar-refractivity contribution in [3.05, 3.63) is 59.8 Å². The van der Waals surface area contributed by atoms with Crippen molar-refractivity contribution >= 4 is 5.91 Å². The Bertz CT molecular complexity index is 573.